The van der Waals surface area contributed by atoms with E-state index >= 15 is 0 Å². The van der Waals surface area contributed by atoms with Gasteiger partial charge in [0.15, 0.2) is 16.4 Å². The van der Waals surface area contributed by atoms with Gasteiger partial charge >= 0.3 is 0 Å². The number of hydrogen-bond donors (Lipinski definition) is 1. The third-order valence-corrected chi connectivity index (χ3v) is 7.34. The van der Waals surface area contributed by atoms with Gasteiger partial charge in [0, 0.05) is 5.56 Å². The summed E-state index contributed by atoms with van der Waals surface area (Å²) in [5.74, 6) is 0.657. The average Bonchev–Trinajstić information content (AvgIpc) is 3.17. The van der Waals surface area contributed by atoms with Gasteiger partial charge in [0.25, 0.3) is 0 Å². The molecule has 0 radical (unpaired) electrons. The van der Waals surface area contributed by atoms with Gasteiger partial charge < -0.3 is 18.8 Å². The summed E-state index contributed by atoms with van der Waals surface area (Å²) < 4.78 is 42.0. The lowest BCUT2D eigenvalue weighted by atomic mass is 10.0. The van der Waals surface area contributed by atoms with Crippen molar-refractivity contribution >= 4 is 40.5 Å². The third-order valence-electron chi connectivity index (χ3n) is 6.40. The van der Waals surface area contributed by atoms with Crippen LogP contribution >= 0.6 is 0 Å². The summed E-state index contributed by atoms with van der Waals surface area (Å²) in [6.07, 6.45) is 5.11. The van der Waals surface area contributed by atoms with E-state index in [0.29, 0.717) is 28.4 Å². The van der Waals surface area contributed by atoms with Crippen LogP contribution in [0.5, 0.6) is 17.2 Å². The maximum absolute atomic E-state index is 14.2. The van der Waals surface area contributed by atoms with Gasteiger partial charge in [-0.05, 0) is 106 Å². The van der Waals surface area contributed by atoms with Crippen molar-refractivity contribution in [2.45, 2.75) is 18.2 Å². The van der Waals surface area contributed by atoms with E-state index in [1.165, 1.54) is 39.7 Å². The van der Waals surface area contributed by atoms with Crippen LogP contribution in [0.15, 0.2) is 70.2 Å². The molecule has 0 saturated carbocycles. The Morgan fingerprint density at radius 3 is 2.23 bits per heavy atom. The number of benzene rings is 3. The molecule has 9 heteroatoms. The standard InChI is InChI=1S/C30H29FN2O5S/c1-18-24(12-19-6-9-22(10-7-19)39(5)35)23-11-8-21(31)15-26(23)25(18)16-29(34)33-32-17-20-13-27(36-2)30(38-4)28(14-20)37-3/h6-15,17H,16H2,1-5H3,(H,33,34)/b24-12-,32-17?. The molecule has 7 nitrogen and oxygen atoms in total. The second-order valence-electron chi connectivity index (χ2n) is 8.80. The Balaban J connectivity index is 1.56. The lowest BCUT2D eigenvalue weighted by molar-refractivity contribution is -0.120. The summed E-state index contributed by atoms with van der Waals surface area (Å²) in [7, 11) is 4.55. The normalized spacial score (nSPS) is 14.5. The first kappa shape index (κ1) is 27.9. The van der Waals surface area contributed by atoms with Crippen molar-refractivity contribution in [2.75, 3.05) is 27.6 Å². The molecule has 202 valence electrons. The Hall–Kier alpha value is -4.08. The van der Waals surface area contributed by atoms with Gasteiger partial charge in [-0.3, -0.25) is 4.79 Å². The zero-order valence-corrected chi connectivity index (χ0v) is 23.1. The van der Waals surface area contributed by atoms with Crippen molar-refractivity contribution in [1.29, 1.82) is 0 Å². The molecular weight excluding hydrogens is 519 g/mol. The van der Waals surface area contributed by atoms with E-state index in [-0.39, 0.29) is 18.1 Å². The van der Waals surface area contributed by atoms with Gasteiger partial charge in [0.2, 0.25) is 11.7 Å². The number of ether oxygens (including phenoxy) is 3. The molecule has 3 aromatic rings. The van der Waals surface area contributed by atoms with Gasteiger partial charge in [-0.1, -0.05) is 6.07 Å². The number of methoxy groups -OCH3 is 3. The van der Waals surface area contributed by atoms with Gasteiger partial charge in [-0.2, -0.15) is 5.10 Å². The van der Waals surface area contributed by atoms with Crippen LogP contribution in [0.1, 0.15) is 35.6 Å². The molecule has 4 rings (SSSR count). The van der Waals surface area contributed by atoms with Crippen LogP contribution in [0.25, 0.3) is 17.2 Å². The van der Waals surface area contributed by atoms with Crippen LogP contribution in [0, 0.1) is 5.82 Å². The zero-order valence-electron chi connectivity index (χ0n) is 22.3. The molecule has 0 saturated heterocycles. The number of carbonyl (C=O) groups excluding carboxylic acids is 1. The monoisotopic (exact) mass is 548 g/mol. The van der Waals surface area contributed by atoms with Crippen LogP contribution in [-0.2, 0) is 16.0 Å². The lowest BCUT2D eigenvalue weighted by Crippen LogP contribution is -2.17. The van der Waals surface area contributed by atoms with E-state index in [2.05, 4.69) is 10.5 Å². The fourth-order valence-corrected chi connectivity index (χ4v) is 4.98. The molecule has 0 heterocycles. The van der Waals surface area contributed by atoms with Crippen LogP contribution in [-0.4, -0.2) is 44.3 Å². The summed E-state index contributed by atoms with van der Waals surface area (Å²) in [6, 6.07) is 15.4. The predicted octanol–water partition coefficient (Wildman–Crippen LogP) is 5.46. The number of fused-ring (bicyclic) bond motifs is 1. The molecule has 0 aliphatic heterocycles. The Morgan fingerprint density at radius 2 is 1.64 bits per heavy atom. The van der Waals surface area contributed by atoms with Gasteiger partial charge in [-0.25, -0.2) is 9.82 Å². The molecule has 39 heavy (non-hydrogen) atoms. The molecule has 1 aliphatic rings. The van der Waals surface area contributed by atoms with Crippen LogP contribution in [0.2, 0.25) is 0 Å². The Labute approximate surface area is 230 Å². The van der Waals surface area contributed by atoms with E-state index in [4.69, 9.17) is 14.2 Å². The number of allylic oxidation sites excluding steroid dienone is 2. The second-order valence-corrected chi connectivity index (χ2v) is 10.2. The highest BCUT2D eigenvalue weighted by Crippen LogP contribution is 2.44. The summed E-state index contributed by atoms with van der Waals surface area (Å²) in [4.78, 5) is 13.6. The number of hydrazone groups is 1. The Bertz CT molecular complexity index is 1450. The Morgan fingerprint density at radius 1 is 0.974 bits per heavy atom. The smallest absolute Gasteiger partial charge is 0.244 e. The van der Waals surface area contributed by atoms with Gasteiger partial charge in [0.1, 0.15) is 12.1 Å². The third kappa shape index (κ3) is 6.16. The number of carbonyl (C=O) groups is 1. The number of amides is 1. The van der Waals surface area contributed by atoms with Crippen molar-refractivity contribution in [2.24, 2.45) is 5.10 Å². The van der Waals surface area contributed by atoms with Crippen molar-refractivity contribution in [3.05, 3.63) is 88.2 Å². The fraction of sp³-hybridized carbons (Fsp3) is 0.200. The average molecular weight is 549 g/mol. The molecular formula is C30H29FN2O5S. The first-order valence-corrected chi connectivity index (χ1v) is 13.6. The lowest BCUT2D eigenvalue weighted by Gasteiger charge is -2.12. The summed E-state index contributed by atoms with van der Waals surface area (Å²) >= 11 is -1.07. The van der Waals surface area contributed by atoms with E-state index in [0.717, 1.165) is 32.7 Å². The van der Waals surface area contributed by atoms with Crippen molar-refractivity contribution < 1.29 is 27.9 Å². The molecule has 1 amide bonds. The predicted molar refractivity (Wildman–Crippen MR) is 152 cm³/mol. The highest BCUT2D eigenvalue weighted by Gasteiger charge is 2.26. The van der Waals surface area contributed by atoms with E-state index in [9.17, 15) is 13.7 Å². The minimum Gasteiger partial charge on any atom is -0.612 e. The van der Waals surface area contributed by atoms with Crippen molar-refractivity contribution in [3.63, 3.8) is 0 Å². The van der Waals surface area contributed by atoms with E-state index in [1.807, 2.05) is 37.3 Å². The molecule has 1 N–H and O–H groups in total. The molecule has 3 aromatic carbocycles. The number of halogens is 1. The second kappa shape index (κ2) is 12.2. The molecule has 1 atom stereocenters. The van der Waals surface area contributed by atoms with Gasteiger partial charge in [-0.15, -0.1) is 0 Å². The maximum atomic E-state index is 14.2. The Kier molecular flexibility index (Phi) is 8.73. The molecule has 0 fully saturated rings. The highest BCUT2D eigenvalue weighted by molar-refractivity contribution is 7.90. The minimum absolute atomic E-state index is 0.0139. The quantitative estimate of drug-likeness (QED) is 0.218. The van der Waals surface area contributed by atoms with Crippen molar-refractivity contribution in [1.82, 2.24) is 5.43 Å². The summed E-state index contributed by atoms with van der Waals surface area (Å²) in [5.41, 5.74) is 8.12. The molecule has 1 aliphatic carbocycles. The molecule has 0 bridgehead atoms. The molecule has 1 unspecified atom stereocenters. The number of nitrogens with one attached hydrogen (secondary N) is 1. The minimum atomic E-state index is -1.07. The summed E-state index contributed by atoms with van der Waals surface area (Å²) in [6.45, 7) is 1.92. The zero-order chi connectivity index (χ0) is 28.1. The number of nitrogens with zero attached hydrogens (tertiary/aromatic N) is 1. The number of rotatable bonds is 9. The van der Waals surface area contributed by atoms with E-state index < -0.39 is 11.2 Å². The number of hydrogen-bond acceptors (Lipinski definition) is 6. The van der Waals surface area contributed by atoms with E-state index in [1.54, 1.807) is 24.5 Å². The molecule has 0 aromatic heterocycles. The van der Waals surface area contributed by atoms with Crippen LogP contribution in [0.3, 0.4) is 0 Å². The fourth-order valence-electron chi connectivity index (χ4n) is 4.46. The molecule has 0 spiro atoms. The van der Waals surface area contributed by atoms with Crippen LogP contribution in [0.4, 0.5) is 4.39 Å². The van der Waals surface area contributed by atoms with Gasteiger partial charge in [0.05, 0.1) is 34.0 Å². The largest absolute Gasteiger partial charge is 0.612 e. The SMILES string of the molecule is COc1cc(C=NNC(=O)CC2=C(C)/C(=C/c3ccc([S+](C)[O-])cc3)c3ccc(F)cc32)cc(OC)c1OC. The first-order chi connectivity index (χ1) is 18.7. The summed E-state index contributed by atoms with van der Waals surface area (Å²) in [5, 5.41) is 4.09. The topological polar surface area (TPSA) is 92.2 Å². The van der Waals surface area contributed by atoms with Crippen molar-refractivity contribution in [3.8, 4) is 17.2 Å². The maximum Gasteiger partial charge on any atom is 0.244 e. The first-order valence-electron chi connectivity index (χ1n) is 12.0. The van der Waals surface area contributed by atoms with Crippen LogP contribution < -0.4 is 19.6 Å². The highest BCUT2D eigenvalue weighted by atomic mass is 32.2.